The molecule has 0 saturated heterocycles. The Morgan fingerprint density at radius 1 is 1.31 bits per heavy atom. The van der Waals surface area contributed by atoms with E-state index in [4.69, 9.17) is 9.57 Å². The molecule has 2 N–H and O–H groups in total. The number of hydrogen-bond donors (Lipinski definition) is 2. The summed E-state index contributed by atoms with van der Waals surface area (Å²) in [5, 5.41) is 4.50. The number of alkyl carbamates (subject to hydrolysis) is 1. The first-order valence-electron chi connectivity index (χ1n) is 8.30. The van der Waals surface area contributed by atoms with Gasteiger partial charge in [0.15, 0.2) is 5.76 Å². The monoisotopic (exact) mass is 354 g/mol. The van der Waals surface area contributed by atoms with E-state index in [2.05, 4.69) is 15.9 Å². The highest BCUT2D eigenvalue weighted by Crippen LogP contribution is 2.24. The molecular formula is C19H22N4O3. The number of amides is 1. The number of hydrogen-bond acceptors (Lipinski definition) is 6. The highest BCUT2D eigenvalue weighted by molar-refractivity contribution is 5.68. The zero-order chi connectivity index (χ0) is 18.6. The second-order valence-electron chi connectivity index (χ2n) is 6.82. The van der Waals surface area contributed by atoms with E-state index in [9.17, 15) is 4.79 Å². The Bertz CT molecular complexity index is 800. The fraction of sp³-hybridized carbons (Fsp3) is 0.263. The number of rotatable bonds is 4. The van der Waals surface area contributed by atoms with Gasteiger partial charge in [-0.2, -0.15) is 0 Å². The Kier molecular flexibility index (Phi) is 5.09. The van der Waals surface area contributed by atoms with Gasteiger partial charge in [-0.25, -0.2) is 9.80 Å². The molecule has 7 nitrogen and oxygen atoms in total. The van der Waals surface area contributed by atoms with Crippen LogP contribution in [0.5, 0.6) is 0 Å². The van der Waals surface area contributed by atoms with Crippen LogP contribution in [0.2, 0.25) is 0 Å². The number of hydrazine groups is 1. The predicted molar refractivity (Wildman–Crippen MR) is 98.4 cm³/mol. The topological polar surface area (TPSA) is 75.7 Å². The summed E-state index contributed by atoms with van der Waals surface area (Å²) in [7, 11) is 0. The highest BCUT2D eigenvalue weighted by Gasteiger charge is 2.18. The average Bonchev–Trinajstić information content (AvgIpc) is 3.10. The van der Waals surface area contributed by atoms with Crippen LogP contribution in [0.25, 0.3) is 5.76 Å². The number of pyridine rings is 1. The molecule has 1 aliphatic rings. The maximum Gasteiger partial charge on any atom is 0.407 e. The number of benzene rings is 1. The van der Waals surface area contributed by atoms with Gasteiger partial charge in [-0.1, -0.05) is 23.8 Å². The lowest BCUT2D eigenvalue weighted by Gasteiger charge is -2.19. The summed E-state index contributed by atoms with van der Waals surface area (Å²) >= 11 is 0. The van der Waals surface area contributed by atoms with Gasteiger partial charge in [-0.15, -0.1) is 0 Å². The molecule has 3 rings (SSSR count). The molecular weight excluding hydrogens is 332 g/mol. The zero-order valence-corrected chi connectivity index (χ0v) is 15.0. The van der Waals surface area contributed by atoms with Crippen molar-refractivity contribution in [3.8, 4) is 0 Å². The van der Waals surface area contributed by atoms with Crippen LogP contribution >= 0.6 is 0 Å². The number of carbonyl (C=O) groups is 1. The Hall–Kier alpha value is -3.06. The molecule has 0 atom stereocenters. The first-order chi connectivity index (χ1) is 12.4. The van der Waals surface area contributed by atoms with Crippen molar-refractivity contribution in [2.45, 2.75) is 32.9 Å². The molecule has 2 aromatic rings. The Labute approximate surface area is 152 Å². The minimum absolute atomic E-state index is 0.371. The maximum atomic E-state index is 11.8. The highest BCUT2D eigenvalue weighted by atomic mass is 16.7. The summed E-state index contributed by atoms with van der Waals surface area (Å²) in [5.41, 5.74) is 5.01. The Morgan fingerprint density at radius 3 is 2.88 bits per heavy atom. The SMILES string of the molecule is CC(C)(C)OC(=O)NCc1cccc(C2=CN(c3cccnc3)NO2)c1. The van der Waals surface area contributed by atoms with Crippen molar-refractivity contribution in [2.24, 2.45) is 0 Å². The molecule has 0 unspecified atom stereocenters. The Morgan fingerprint density at radius 2 is 2.15 bits per heavy atom. The van der Waals surface area contributed by atoms with Crippen molar-refractivity contribution in [1.82, 2.24) is 15.9 Å². The van der Waals surface area contributed by atoms with E-state index in [0.717, 1.165) is 16.8 Å². The molecule has 7 heteroatoms. The van der Waals surface area contributed by atoms with Crippen LogP contribution in [0.4, 0.5) is 10.5 Å². The van der Waals surface area contributed by atoms with Crippen LogP contribution < -0.4 is 15.9 Å². The molecule has 0 radical (unpaired) electrons. The van der Waals surface area contributed by atoms with E-state index in [1.54, 1.807) is 17.4 Å². The lowest BCUT2D eigenvalue weighted by molar-refractivity contribution is 0.0523. The van der Waals surface area contributed by atoms with Gasteiger partial charge in [0, 0.05) is 18.3 Å². The third-order valence-electron chi connectivity index (χ3n) is 3.47. The van der Waals surface area contributed by atoms with E-state index in [1.165, 1.54) is 0 Å². The third-order valence-corrected chi connectivity index (χ3v) is 3.47. The van der Waals surface area contributed by atoms with E-state index >= 15 is 0 Å². The molecule has 0 spiro atoms. The number of anilines is 1. The van der Waals surface area contributed by atoms with Crippen molar-refractivity contribution >= 4 is 17.5 Å². The fourth-order valence-corrected chi connectivity index (χ4v) is 2.35. The molecule has 0 saturated carbocycles. The van der Waals surface area contributed by atoms with Crippen LogP contribution in [0.15, 0.2) is 55.0 Å². The normalized spacial score (nSPS) is 13.8. The zero-order valence-electron chi connectivity index (χ0n) is 15.0. The van der Waals surface area contributed by atoms with Gasteiger partial charge < -0.3 is 14.9 Å². The fourth-order valence-electron chi connectivity index (χ4n) is 2.35. The lowest BCUT2D eigenvalue weighted by Crippen LogP contribution is -2.32. The summed E-state index contributed by atoms with van der Waals surface area (Å²) in [5.74, 6) is 0.674. The maximum absolute atomic E-state index is 11.8. The number of aromatic nitrogens is 1. The van der Waals surface area contributed by atoms with Gasteiger partial charge in [0.05, 0.1) is 18.1 Å². The van der Waals surface area contributed by atoms with Gasteiger partial charge in [-0.3, -0.25) is 4.98 Å². The van der Waals surface area contributed by atoms with Crippen LogP contribution in [0, 0.1) is 0 Å². The largest absolute Gasteiger partial charge is 0.444 e. The molecule has 1 aromatic heterocycles. The first-order valence-corrected chi connectivity index (χ1v) is 8.30. The van der Waals surface area contributed by atoms with Crippen molar-refractivity contribution in [2.75, 3.05) is 5.01 Å². The second kappa shape index (κ2) is 7.45. The molecule has 0 fully saturated rings. The average molecular weight is 354 g/mol. The van der Waals surface area contributed by atoms with E-state index in [1.807, 2.05) is 63.4 Å². The molecule has 0 aliphatic carbocycles. The van der Waals surface area contributed by atoms with Crippen LogP contribution in [0.1, 0.15) is 31.9 Å². The van der Waals surface area contributed by atoms with Crippen LogP contribution in [-0.2, 0) is 16.1 Å². The molecule has 1 aromatic carbocycles. The number of ether oxygens (including phenoxy) is 1. The summed E-state index contributed by atoms with van der Waals surface area (Å²) in [6.07, 6.45) is 4.85. The van der Waals surface area contributed by atoms with E-state index in [0.29, 0.717) is 12.3 Å². The van der Waals surface area contributed by atoms with Crippen molar-refractivity contribution in [1.29, 1.82) is 0 Å². The summed E-state index contributed by atoms with van der Waals surface area (Å²) in [6.45, 7) is 5.87. The second-order valence-corrected chi connectivity index (χ2v) is 6.82. The summed E-state index contributed by atoms with van der Waals surface area (Å²) in [6, 6.07) is 11.5. The third kappa shape index (κ3) is 4.73. The number of carbonyl (C=O) groups excluding carboxylic acids is 1. The molecule has 26 heavy (non-hydrogen) atoms. The smallest absolute Gasteiger partial charge is 0.407 e. The van der Waals surface area contributed by atoms with E-state index < -0.39 is 11.7 Å². The molecule has 0 bridgehead atoms. The minimum atomic E-state index is -0.518. The predicted octanol–water partition coefficient (Wildman–Crippen LogP) is 3.36. The van der Waals surface area contributed by atoms with Crippen LogP contribution in [-0.4, -0.2) is 16.7 Å². The summed E-state index contributed by atoms with van der Waals surface area (Å²) < 4.78 is 5.24. The Balaban J connectivity index is 1.65. The molecule has 2 heterocycles. The van der Waals surface area contributed by atoms with E-state index in [-0.39, 0.29) is 0 Å². The lowest BCUT2D eigenvalue weighted by atomic mass is 10.1. The van der Waals surface area contributed by atoms with Gasteiger partial charge in [-0.05, 0) is 44.5 Å². The van der Waals surface area contributed by atoms with Gasteiger partial charge in [0.1, 0.15) is 5.60 Å². The standard InChI is InChI=1S/C19H22N4O3/c1-19(2,3)25-18(24)21-11-14-6-4-7-15(10-14)17-13-23(22-26-17)16-8-5-9-20-12-16/h4-10,12-13,22H,11H2,1-3H3,(H,21,24). The quantitative estimate of drug-likeness (QED) is 0.877. The van der Waals surface area contributed by atoms with Crippen molar-refractivity contribution < 1.29 is 14.4 Å². The van der Waals surface area contributed by atoms with Gasteiger partial charge in [0.2, 0.25) is 0 Å². The molecule has 136 valence electrons. The number of nitrogens with one attached hydrogen (secondary N) is 2. The first kappa shape index (κ1) is 17.8. The number of nitrogens with zero attached hydrogens (tertiary/aromatic N) is 2. The summed E-state index contributed by atoms with van der Waals surface area (Å²) in [4.78, 5) is 21.4. The van der Waals surface area contributed by atoms with Gasteiger partial charge >= 0.3 is 6.09 Å². The van der Waals surface area contributed by atoms with Crippen molar-refractivity contribution in [3.63, 3.8) is 0 Å². The molecule has 1 aliphatic heterocycles. The van der Waals surface area contributed by atoms with Gasteiger partial charge in [0.25, 0.3) is 0 Å². The van der Waals surface area contributed by atoms with Crippen molar-refractivity contribution in [3.05, 3.63) is 66.1 Å². The van der Waals surface area contributed by atoms with Crippen LogP contribution in [0.3, 0.4) is 0 Å². The molecule has 1 amide bonds. The minimum Gasteiger partial charge on any atom is -0.444 e.